The molecule has 0 N–H and O–H groups in total. The van der Waals surface area contributed by atoms with Gasteiger partial charge in [-0.3, -0.25) is 4.79 Å². The molecular weight excluding hydrogens is 200 g/mol. The molecule has 0 heterocycles. The molecule has 3 unspecified atom stereocenters. The van der Waals surface area contributed by atoms with Crippen LogP contribution in [0, 0.1) is 11.8 Å². The van der Waals surface area contributed by atoms with Gasteiger partial charge in [-0.1, -0.05) is 13.3 Å². The highest BCUT2D eigenvalue weighted by atomic mass is 35.5. The maximum absolute atomic E-state index is 10.8. The number of carbonyl (C=O) groups is 1. The Morgan fingerprint density at radius 1 is 1.57 bits per heavy atom. The normalized spacial score (nSPS) is 29.9. The van der Waals surface area contributed by atoms with Crippen molar-refractivity contribution in [3.05, 3.63) is 0 Å². The van der Waals surface area contributed by atoms with Crippen LogP contribution in [0.15, 0.2) is 0 Å². The second-order valence-electron chi connectivity index (χ2n) is 4.32. The molecule has 0 aromatic rings. The number of hydrogen-bond acceptors (Lipinski definition) is 2. The largest absolute Gasteiger partial charge is 0.381 e. The molecule has 0 amide bonds. The van der Waals surface area contributed by atoms with Gasteiger partial charge in [0.15, 0.2) is 0 Å². The first kappa shape index (κ1) is 12.0. The molecule has 0 bridgehead atoms. The third-order valence-electron chi connectivity index (χ3n) is 3.29. The summed E-state index contributed by atoms with van der Waals surface area (Å²) in [6.45, 7) is 2.11. The van der Waals surface area contributed by atoms with E-state index in [9.17, 15) is 4.79 Å². The summed E-state index contributed by atoms with van der Waals surface area (Å²) in [5.41, 5.74) is 0. The SMILES string of the molecule is COC1CCCC(C(C)CC(=O)Cl)C1. The van der Waals surface area contributed by atoms with Crippen molar-refractivity contribution in [2.24, 2.45) is 11.8 Å². The van der Waals surface area contributed by atoms with Gasteiger partial charge in [0.1, 0.15) is 0 Å². The summed E-state index contributed by atoms with van der Waals surface area (Å²) in [5.74, 6) is 1.01. The average molecular weight is 219 g/mol. The Bertz CT molecular complexity index is 194. The summed E-state index contributed by atoms with van der Waals surface area (Å²) < 4.78 is 5.36. The second kappa shape index (κ2) is 5.72. The van der Waals surface area contributed by atoms with Crippen LogP contribution >= 0.6 is 11.6 Å². The molecule has 2 nitrogen and oxygen atoms in total. The summed E-state index contributed by atoms with van der Waals surface area (Å²) in [6.07, 6.45) is 5.57. The highest BCUT2D eigenvalue weighted by Crippen LogP contribution is 2.33. The number of methoxy groups -OCH3 is 1. The first-order chi connectivity index (χ1) is 6.63. The zero-order valence-electron chi connectivity index (χ0n) is 8.96. The van der Waals surface area contributed by atoms with Gasteiger partial charge >= 0.3 is 0 Å². The van der Waals surface area contributed by atoms with Crippen LogP contribution in [-0.4, -0.2) is 18.5 Å². The summed E-state index contributed by atoms with van der Waals surface area (Å²) in [4.78, 5) is 10.8. The molecule has 1 rings (SSSR count). The van der Waals surface area contributed by atoms with Gasteiger partial charge in [0.05, 0.1) is 6.10 Å². The van der Waals surface area contributed by atoms with Gasteiger partial charge in [-0.2, -0.15) is 0 Å². The maximum atomic E-state index is 10.8. The summed E-state index contributed by atoms with van der Waals surface area (Å²) in [6, 6.07) is 0. The average Bonchev–Trinajstić information content (AvgIpc) is 2.17. The quantitative estimate of drug-likeness (QED) is 0.679. The fraction of sp³-hybridized carbons (Fsp3) is 0.909. The van der Waals surface area contributed by atoms with Crippen LogP contribution in [0.1, 0.15) is 39.0 Å². The van der Waals surface area contributed by atoms with Crippen LogP contribution in [0.4, 0.5) is 0 Å². The Morgan fingerprint density at radius 3 is 2.86 bits per heavy atom. The van der Waals surface area contributed by atoms with Crippen LogP contribution in [-0.2, 0) is 9.53 Å². The predicted molar refractivity (Wildman–Crippen MR) is 57.4 cm³/mol. The van der Waals surface area contributed by atoms with Gasteiger partial charge in [0.2, 0.25) is 5.24 Å². The summed E-state index contributed by atoms with van der Waals surface area (Å²) in [5, 5.41) is -0.211. The van der Waals surface area contributed by atoms with Crippen molar-refractivity contribution in [2.45, 2.75) is 45.1 Å². The standard InChI is InChI=1S/C11H19ClO2/c1-8(6-11(12)13)9-4-3-5-10(7-9)14-2/h8-10H,3-7H2,1-2H3. The van der Waals surface area contributed by atoms with E-state index in [0.717, 1.165) is 12.8 Å². The van der Waals surface area contributed by atoms with Crippen molar-refractivity contribution in [3.63, 3.8) is 0 Å². The van der Waals surface area contributed by atoms with E-state index in [2.05, 4.69) is 6.92 Å². The fourth-order valence-electron chi connectivity index (χ4n) is 2.33. The minimum Gasteiger partial charge on any atom is -0.381 e. The lowest BCUT2D eigenvalue weighted by atomic mass is 9.78. The number of halogens is 1. The Kier molecular flexibility index (Phi) is 4.90. The van der Waals surface area contributed by atoms with Crippen molar-refractivity contribution >= 4 is 16.8 Å². The highest BCUT2D eigenvalue weighted by Gasteiger charge is 2.26. The van der Waals surface area contributed by atoms with E-state index in [1.165, 1.54) is 12.8 Å². The molecule has 0 aliphatic heterocycles. The molecule has 1 fully saturated rings. The van der Waals surface area contributed by atoms with E-state index in [1.807, 2.05) is 0 Å². The van der Waals surface area contributed by atoms with Crippen LogP contribution < -0.4 is 0 Å². The predicted octanol–water partition coefficient (Wildman–Crippen LogP) is 2.98. The molecule has 0 aromatic carbocycles. The van der Waals surface area contributed by atoms with Crippen LogP contribution in [0.5, 0.6) is 0 Å². The zero-order valence-corrected chi connectivity index (χ0v) is 9.72. The third-order valence-corrected chi connectivity index (χ3v) is 3.44. The Morgan fingerprint density at radius 2 is 2.29 bits per heavy atom. The van der Waals surface area contributed by atoms with Crippen molar-refractivity contribution < 1.29 is 9.53 Å². The topological polar surface area (TPSA) is 26.3 Å². The first-order valence-electron chi connectivity index (χ1n) is 5.34. The molecule has 0 aromatic heterocycles. The minimum atomic E-state index is -0.211. The molecular formula is C11H19ClO2. The maximum Gasteiger partial charge on any atom is 0.221 e. The monoisotopic (exact) mass is 218 g/mol. The highest BCUT2D eigenvalue weighted by molar-refractivity contribution is 6.63. The van der Waals surface area contributed by atoms with Crippen molar-refractivity contribution in [1.82, 2.24) is 0 Å². The van der Waals surface area contributed by atoms with E-state index in [0.29, 0.717) is 24.4 Å². The molecule has 82 valence electrons. The van der Waals surface area contributed by atoms with E-state index in [4.69, 9.17) is 16.3 Å². The van der Waals surface area contributed by atoms with Crippen molar-refractivity contribution in [3.8, 4) is 0 Å². The van der Waals surface area contributed by atoms with Gasteiger partial charge in [-0.25, -0.2) is 0 Å². The number of ether oxygens (including phenoxy) is 1. The molecule has 0 radical (unpaired) electrons. The number of rotatable bonds is 4. The first-order valence-corrected chi connectivity index (χ1v) is 5.72. The second-order valence-corrected chi connectivity index (χ2v) is 4.74. The van der Waals surface area contributed by atoms with E-state index in [-0.39, 0.29) is 5.24 Å². The fourth-order valence-corrected chi connectivity index (χ4v) is 2.58. The van der Waals surface area contributed by atoms with Crippen LogP contribution in [0.3, 0.4) is 0 Å². The summed E-state index contributed by atoms with van der Waals surface area (Å²) in [7, 11) is 1.77. The number of carbonyl (C=O) groups excluding carboxylic acids is 1. The van der Waals surface area contributed by atoms with Gasteiger partial charge in [0.25, 0.3) is 0 Å². The molecule has 3 atom stereocenters. The molecule has 1 aliphatic carbocycles. The molecule has 1 saturated carbocycles. The lowest BCUT2D eigenvalue weighted by Gasteiger charge is -2.31. The van der Waals surface area contributed by atoms with Gasteiger partial charge in [-0.05, 0) is 42.7 Å². The van der Waals surface area contributed by atoms with Crippen LogP contribution in [0.2, 0.25) is 0 Å². The van der Waals surface area contributed by atoms with E-state index in [1.54, 1.807) is 7.11 Å². The smallest absolute Gasteiger partial charge is 0.221 e. The van der Waals surface area contributed by atoms with Crippen LogP contribution in [0.25, 0.3) is 0 Å². The zero-order chi connectivity index (χ0) is 10.6. The van der Waals surface area contributed by atoms with E-state index < -0.39 is 0 Å². The van der Waals surface area contributed by atoms with Gasteiger partial charge < -0.3 is 4.74 Å². The molecule has 0 spiro atoms. The van der Waals surface area contributed by atoms with Crippen molar-refractivity contribution in [1.29, 1.82) is 0 Å². The lowest BCUT2D eigenvalue weighted by Crippen LogP contribution is -2.26. The molecule has 1 aliphatic rings. The van der Waals surface area contributed by atoms with Crippen molar-refractivity contribution in [2.75, 3.05) is 7.11 Å². The summed E-state index contributed by atoms with van der Waals surface area (Å²) >= 11 is 5.39. The molecule has 14 heavy (non-hydrogen) atoms. The van der Waals surface area contributed by atoms with Gasteiger partial charge in [0, 0.05) is 13.5 Å². The third kappa shape index (κ3) is 3.58. The molecule has 3 heteroatoms. The van der Waals surface area contributed by atoms with Gasteiger partial charge in [-0.15, -0.1) is 0 Å². The van der Waals surface area contributed by atoms with E-state index >= 15 is 0 Å². The Balaban J connectivity index is 2.38. The molecule has 0 saturated heterocycles. The Labute approximate surface area is 91.0 Å². The Hall–Kier alpha value is -0.0800. The number of hydrogen-bond donors (Lipinski definition) is 0. The lowest BCUT2D eigenvalue weighted by molar-refractivity contribution is -0.113. The minimum absolute atomic E-state index is 0.211.